The van der Waals surface area contributed by atoms with E-state index in [4.69, 9.17) is 0 Å². The molecule has 3 amide bonds. The van der Waals surface area contributed by atoms with Gasteiger partial charge in [-0.05, 0) is 36.8 Å². The maximum atomic E-state index is 12.1. The van der Waals surface area contributed by atoms with Crippen LogP contribution in [0.3, 0.4) is 0 Å². The Balaban J connectivity index is 1.35. The average Bonchev–Trinajstić information content (AvgIpc) is 2.99. The van der Waals surface area contributed by atoms with Crippen molar-refractivity contribution in [1.82, 2.24) is 16.0 Å². The Bertz CT molecular complexity index is 582. The van der Waals surface area contributed by atoms with Crippen molar-refractivity contribution in [1.29, 1.82) is 0 Å². The Labute approximate surface area is 143 Å². The number of hydrogen-bond acceptors (Lipinski definition) is 2. The molecule has 0 radical (unpaired) electrons. The molecule has 3 rings (SSSR count). The molecule has 0 aromatic heterocycles. The third kappa shape index (κ3) is 4.49. The van der Waals surface area contributed by atoms with Gasteiger partial charge in [-0.15, -0.1) is 0 Å². The van der Waals surface area contributed by atoms with Crippen LogP contribution in [0.15, 0.2) is 24.3 Å². The second kappa shape index (κ2) is 8.18. The highest BCUT2D eigenvalue weighted by molar-refractivity contribution is 5.78. The predicted octanol–water partition coefficient (Wildman–Crippen LogP) is 2.81. The van der Waals surface area contributed by atoms with Crippen molar-refractivity contribution in [2.45, 2.75) is 63.5 Å². The van der Waals surface area contributed by atoms with E-state index in [0.29, 0.717) is 19.0 Å². The molecule has 0 spiro atoms. The first-order chi connectivity index (χ1) is 11.7. The van der Waals surface area contributed by atoms with Crippen LogP contribution >= 0.6 is 0 Å². The summed E-state index contributed by atoms with van der Waals surface area (Å²) >= 11 is 0. The third-order valence-corrected chi connectivity index (χ3v) is 5.05. The number of aryl methyl sites for hydroxylation is 1. The van der Waals surface area contributed by atoms with E-state index in [2.05, 4.69) is 28.1 Å². The lowest BCUT2D eigenvalue weighted by Gasteiger charge is -2.22. The Morgan fingerprint density at radius 1 is 1.00 bits per heavy atom. The molecule has 5 nitrogen and oxygen atoms in total. The van der Waals surface area contributed by atoms with Crippen molar-refractivity contribution in [2.75, 3.05) is 6.54 Å². The Hall–Kier alpha value is -2.04. The van der Waals surface area contributed by atoms with Crippen molar-refractivity contribution in [3.63, 3.8) is 0 Å². The van der Waals surface area contributed by atoms with Gasteiger partial charge < -0.3 is 16.0 Å². The predicted molar refractivity (Wildman–Crippen MR) is 93.7 cm³/mol. The second-order valence-electron chi connectivity index (χ2n) is 6.84. The third-order valence-electron chi connectivity index (χ3n) is 5.05. The summed E-state index contributed by atoms with van der Waals surface area (Å²) in [5, 5.41) is 8.87. The molecule has 1 saturated carbocycles. The van der Waals surface area contributed by atoms with Crippen molar-refractivity contribution in [3.8, 4) is 0 Å². The number of benzene rings is 1. The van der Waals surface area contributed by atoms with Gasteiger partial charge in [-0.1, -0.05) is 43.5 Å². The minimum atomic E-state index is -0.152. The largest absolute Gasteiger partial charge is 0.349 e. The molecule has 1 fully saturated rings. The number of urea groups is 1. The number of fused-ring (bicyclic) bond motifs is 1. The van der Waals surface area contributed by atoms with Gasteiger partial charge in [0.1, 0.15) is 0 Å². The van der Waals surface area contributed by atoms with Crippen LogP contribution in [0.25, 0.3) is 0 Å². The van der Waals surface area contributed by atoms with Crippen LogP contribution in [0.5, 0.6) is 0 Å². The van der Waals surface area contributed by atoms with E-state index in [9.17, 15) is 9.59 Å². The molecule has 0 saturated heterocycles. The van der Waals surface area contributed by atoms with Crippen molar-refractivity contribution < 1.29 is 9.59 Å². The van der Waals surface area contributed by atoms with Gasteiger partial charge in [0.25, 0.3) is 0 Å². The zero-order chi connectivity index (χ0) is 16.8. The number of carbonyl (C=O) groups is 2. The lowest BCUT2D eigenvalue weighted by atomic mass is 9.96. The lowest BCUT2D eigenvalue weighted by Crippen LogP contribution is -2.43. The highest BCUT2D eigenvalue weighted by atomic mass is 16.2. The maximum absolute atomic E-state index is 12.1. The molecule has 0 heterocycles. The molecule has 1 aromatic carbocycles. The molecular formula is C19H27N3O2. The molecule has 2 aliphatic carbocycles. The number of carbonyl (C=O) groups excluding carboxylic acids is 2. The molecule has 24 heavy (non-hydrogen) atoms. The lowest BCUT2D eigenvalue weighted by molar-refractivity contribution is -0.121. The zero-order valence-electron chi connectivity index (χ0n) is 14.1. The first-order valence-electron chi connectivity index (χ1n) is 9.14. The van der Waals surface area contributed by atoms with Crippen LogP contribution in [-0.4, -0.2) is 24.5 Å². The van der Waals surface area contributed by atoms with Crippen molar-refractivity contribution in [3.05, 3.63) is 35.4 Å². The summed E-state index contributed by atoms with van der Waals surface area (Å²) in [5.41, 5.74) is 2.56. The summed E-state index contributed by atoms with van der Waals surface area (Å²) in [6, 6.07) is 8.52. The van der Waals surface area contributed by atoms with Gasteiger partial charge in [0, 0.05) is 19.0 Å². The van der Waals surface area contributed by atoms with Crippen LogP contribution in [0.1, 0.15) is 62.1 Å². The first kappa shape index (κ1) is 16.8. The van der Waals surface area contributed by atoms with Gasteiger partial charge in [0.05, 0.1) is 6.04 Å². The minimum absolute atomic E-state index is 0.00494. The van der Waals surface area contributed by atoms with Gasteiger partial charge in [0.15, 0.2) is 0 Å². The molecule has 130 valence electrons. The minimum Gasteiger partial charge on any atom is -0.349 e. The van der Waals surface area contributed by atoms with Crippen LogP contribution in [-0.2, 0) is 11.2 Å². The molecular weight excluding hydrogens is 302 g/mol. The van der Waals surface area contributed by atoms with Gasteiger partial charge in [0.2, 0.25) is 5.91 Å². The van der Waals surface area contributed by atoms with Crippen LogP contribution in [0.2, 0.25) is 0 Å². The fraction of sp³-hybridized carbons (Fsp3) is 0.579. The van der Waals surface area contributed by atoms with Gasteiger partial charge >= 0.3 is 6.03 Å². The molecule has 1 aromatic rings. The molecule has 3 N–H and O–H groups in total. The van der Waals surface area contributed by atoms with E-state index in [-0.39, 0.29) is 18.0 Å². The molecule has 2 aliphatic rings. The summed E-state index contributed by atoms with van der Waals surface area (Å²) in [6.45, 7) is 0.374. The smallest absolute Gasteiger partial charge is 0.315 e. The van der Waals surface area contributed by atoms with Crippen molar-refractivity contribution >= 4 is 11.9 Å². The number of nitrogens with one attached hydrogen (secondary N) is 3. The Morgan fingerprint density at radius 2 is 1.79 bits per heavy atom. The summed E-state index contributed by atoms with van der Waals surface area (Å²) in [4.78, 5) is 23.9. The second-order valence-corrected chi connectivity index (χ2v) is 6.84. The topological polar surface area (TPSA) is 70.2 Å². The SMILES string of the molecule is O=C(CCNC(=O)NC1CCCCC1)N[C@H]1CCc2ccccc21. The quantitative estimate of drug-likeness (QED) is 0.777. The monoisotopic (exact) mass is 329 g/mol. The average molecular weight is 329 g/mol. The van der Waals surface area contributed by atoms with E-state index < -0.39 is 0 Å². The van der Waals surface area contributed by atoms with Gasteiger partial charge in [-0.25, -0.2) is 4.79 Å². The summed E-state index contributed by atoms with van der Waals surface area (Å²) < 4.78 is 0. The van der Waals surface area contributed by atoms with Crippen LogP contribution < -0.4 is 16.0 Å². The summed E-state index contributed by atoms with van der Waals surface area (Å²) in [6.07, 6.45) is 8.07. The molecule has 0 unspecified atom stereocenters. The fourth-order valence-electron chi connectivity index (χ4n) is 3.75. The first-order valence-corrected chi connectivity index (χ1v) is 9.14. The van der Waals surface area contributed by atoms with Crippen LogP contribution in [0.4, 0.5) is 4.79 Å². The fourth-order valence-corrected chi connectivity index (χ4v) is 3.75. The van der Waals surface area contributed by atoms with E-state index in [1.807, 2.05) is 12.1 Å². The number of amides is 3. The van der Waals surface area contributed by atoms with E-state index in [1.54, 1.807) is 0 Å². The van der Waals surface area contributed by atoms with E-state index in [0.717, 1.165) is 25.7 Å². The van der Waals surface area contributed by atoms with Gasteiger partial charge in [-0.2, -0.15) is 0 Å². The Morgan fingerprint density at radius 3 is 2.62 bits per heavy atom. The summed E-state index contributed by atoms with van der Waals surface area (Å²) in [5.74, 6) is -0.00494. The maximum Gasteiger partial charge on any atom is 0.315 e. The Kier molecular flexibility index (Phi) is 5.72. The number of rotatable bonds is 5. The molecule has 0 aliphatic heterocycles. The molecule has 1 atom stereocenters. The van der Waals surface area contributed by atoms with Crippen LogP contribution in [0, 0.1) is 0 Å². The van der Waals surface area contributed by atoms with E-state index >= 15 is 0 Å². The standard InChI is InChI=1S/C19H27N3O2/c23-18(22-17-11-10-14-6-4-5-9-16(14)17)12-13-20-19(24)21-15-7-2-1-3-8-15/h4-6,9,15,17H,1-3,7-8,10-13H2,(H,22,23)(H2,20,21,24)/t17-/m0/s1. The van der Waals surface area contributed by atoms with Crippen molar-refractivity contribution in [2.24, 2.45) is 0 Å². The zero-order valence-corrected chi connectivity index (χ0v) is 14.1. The number of hydrogen-bond donors (Lipinski definition) is 3. The highest BCUT2D eigenvalue weighted by Crippen LogP contribution is 2.30. The molecule has 0 bridgehead atoms. The summed E-state index contributed by atoms with van der Waals surface area (Å²) in [7, 11) is 0. The van der Waals surface area contributed by atoms with Gasteiger partial charge in [-0.3, -0.25) is 4.79 Å². The molecule has 5 heteroatoms. The van der Waals surface area contributed by atoms with E-state index in [1.165, 1.54) is 30.4 Å². The highest BCUT2D eigenvalue weighted by Gasteiger charge is 2.23. The normalized spacial score (nSPS) is 20.2.